The lowest BCUT2D eigenvalue weighted by Gasteiger charge is -2.28. The summed E-state index contributed by atoms with van der Waals surface area (Å²) in [5.41, 5.74) is 1.08. The smallest absolute Gasteiger partial charge is 0.346 e. The van der Waals surface area contributed by atoms with Crippen LogP contribution >= 0.6 is 0 Å². The van der Waals surface area contributed by atoms with E-state index in [-0.39, 0.29) is 5.56 Å². The van der Waals surface area contributed by atoms with Gasteiger partial charge < -0.3 is 4.74 Å². The van der Waals surface area contributed by atoms with Gasteiger partial charge >= 0.3 is 5.97 Å². The van der Waals surface area contributed by atoms with Crippen molar-refractivity contribution in [3.05, 3.63) is 64.7 Å². The van der Waals surface area contributed by atoms with Crippen LogP contribution in [0.1, 0.15) is 80.3 Å². The monoisotopic (exact) mass is 414 g/mol. The first-order valence-corrected chi connectivity index (χ1v) is 11.3. The van der Waals surface area contributed by atoms with E-state index in [0.717, 1.165) is 24.3 Å². The highest BCUT2D eigenvalue weighted by atomic mass is 19.2. The second-order valence-corrected chi connectivity index (χ2v) is 8.50. The number of ether oxygens (including phenoxy) is 1. The number of carbonyl (C=O) groups excluding carboxylic acids is 1. The van der Waals surface area contributed by atoms with Gasteiger partial charge in [-0.25, -0.2) is 13.6 Å². The summed E-state index contributed by atoms with van der Waals surface area (Å²) in [5.74, 6) is -1.18. The average Bonchev–Trinajstić information content (AvgIpc) is 2.76. The fourth-order valence-corrected chi connectivity index (χ4v) is 4.47. The van der Waals surface area contributed by atoms with Crippen LogP contribution in [0.2, 0.25) is 0 Å². The SMILES string of the molecule is CCCC1CCC(CCc2ccc(C(=O)Oc3ccc(CC)cc3)c(F)c2F)CC1. The molecule has 0 N–H and O–H groups in total. The molecule has 0 amide bonds. The van der Waals surface area contributed by atoms with Crippen molar-refractivity contribution >= 4 is 5.97 Å². The molecule has 1 aliphatic carbocycles. The van der Waals surface area contributed by atoms with Crippen LogP contribution in [0.4, 0.5) is 8.78 Å². The number of aryl methyl sites for hydroxylation is 2. The largest absolute Gasteiger partial charge is 0.423 e. The predicted molar refractivity (Wildman–Crippen MR) is 116 cm³/mol. The fourth-order valence-electron chi connectivity index (χ4n) is 4.47. The Balaban J connectivity index is 1.58. The lowest BCUT2D eigenvalue weighted by molar-refractivity contribution is 0.0728. The molecule has 0 atom stereocenters. The number of hydrogen-bond acceptors (Lipinski definition) is 2. The minimum Gasteiger partial charge on any atom is -0.423 e. The Bertz CT molecular complexity index is 837. The summed E-state index contributed by atoms with van der Waals surface area (Å²) >= 11 is 0. The summed E-state index contributed by atoms with van der Waals surface area (Å²) in [6.45, 7) is 4.25. The van der Waals surface area contributed by atoms with E-state index in [4.69, 9.17) is 4.74 Å². The highest BCUT2D eigenvalue weighted by Crippen LogP contribution is 2.34. The lowest BCUT2D eigenvalue weighted by Crippen LogP contribution is -2.16. The van der Waals surface area contributed by atoms with Gasteiger partial charge in [0, 0.05) is 0 Å². The first kappa shape index (κ1) is 22.5. The number of rotatable bonds is 8. The van der Waals surface area contributed by atoms with Crippen molar-refractivity contribution in [3.8, 4) is 5.75 Å². The van der Waals surface area contributed by atoms with Crippen LogP contribution in [0.15, 0.2) is 36.4 Å². The van der Waals surface area contributed by atoms with Crippen molar-refractivity contribution in [2.75, 3.05) is 0 Å². The van der Waals surface area contributed by atoms with Gasteiger partial charge in [0.1, 0.15) is 5.75 Å². The van der Waals surface area contributed by atoms with Crippen molar-refractivity contribution in [2.24, 2.45) is 11.8 Å². The summed E-state index contributed by atoms with van der Waals surface area (Å²) in [4.78, 5) is 12.3. The standard InChI is InChI=1S/C26H32F2O2/c1-3-5-19-6-8-20(9-7-19)10-13-21-14-17-23(25(28)24(21)27)26(29)30-22-15-11-18(4-2)12-16-22/h11-12,14-17,19-20H,3-10,13H2,1-2H3. The Morgan fingerprint density at radius 1 is 0.900 bits per heavy atom. The van der Waals surface area contributed by atoms with E-state index < -0.39 is 17.6 Å². The summed E-state index contributed by atoms with van der Waals surface area (Å²) in [7, 11) is 0. The Morgan fingerprint density at radius 2 is 1.53 bits per heavy atom. The van der Waals surface area contributed by atoms with Gasteiger partial charge in [0.2, 0.25) is 0 Å². The number of hydrogen-bond donors (Lipinski definition) is 0. The van der Waals surface area contributed by atoms with E-state index in [1.54, 1.807) is 12.1 Å². The van der Waals surface area contributed by atoms with Crippen LogP contribution < -0.4 is 4.74 Å². The number of esters is 1. The van der Waals surface area contributed by atoms with Crippen LogP contribution in [0.3, 0.4) is 0 Å². The maximum Gasteiger partial charge on any atom is 0.346 e. The van der Waals surface area contributed by atoms with Gasteiger partial charge in [-0.05, 0) is 60.4 Å². The molecule has 2 aromatic carbocycles. The predicted octanol–water partition coefficient (Wildman–Crippen LogP) is 7.29. The molecule has 30 heavy (non-hydrogen) atoms. The Morgan fingerprint density at radius 3 is 2.13 bits per heavy atom. The zero-order valence-electron chi connectivity index (χ0n) is 18.1. The normalized spacial score (nSPS) is 18.9. The molecule has 0 spiro atoms. The molecule has 0 aromatic heterocycles. The Kier molecular flexibility index (Phi) is 8.01. The molecular weight excluding hydrogens is 382 g/mol. The molecule has 0 unspecified atom stereocenters. The molecule has 1 saturated carbocycles. The lowest BCUT2D eigenvalue weighted by atomic mass is 9.78. The van der Waals surface area contributed by atoms with Gasteiger partial charge in [0.25, 0.3) is 0 Å². The molecule has 0 radical (unpaired) electrons. The van der Waals surface area contributed by atoms with E-state index >= 15 is 0 Å². The Hall–Kier alpha value is -2.23. The molecule has 3 rings (SSSR count). The minimum absolute atomic E-state index is 0.319. The summed E-state index contributed by atoms with van der Waals surface area (Å²) < 4.78 is 34.4. The maximum absolute atomic E-state index is 14.6. The van der Waals surface area contributed by atoms with Crippen LogP contribution in [-0.2, 0) is 12.8 Å². The van der Waals surface area contributed by atoms with Crippen molar-refractivity contribution in [1.82, 2.24) is 0 Å². The van der Waals surface area contributed by atoms with Gasteiger partial charge in [-0.1, -0.05) is 70.6 Å². The number of carbonyl (C=O) groups is 1. The third-order valence-corrected chi connectivity index (χ3v) is 6.41. The first-order chi connectivity index (χ1) is 14.5. The van der Waals surface area contributed by atoms with E-state index in [2.05, 4.69) is 6.92 Å². The second kappa shape index (κ2) is 10.7. The van der Waals surface area contributed by atoms with Crippen molar-refractivity contribution < 1.29 is 18.3 Å². The van der Waals surface area contributed by atoms with Gasteiger partial charge in [-0.3, -0.25) is 0 Å². The number of benzene rings is 2. The highest BCUT2D eigenvalue weighted by Gasteiger charge is 2.23. The quantitative estimate of drug-likeness (QED) is 0.335. The fraction of sp³-hybridized carbons (Fsp3) is 0.500. The molecular formula is C26H32F2O2. The van der Waals surface area contributed by atoms with Gasteiger partial charge in [0.05, 0.1) is 5.56 Å². The zero-order valence-corrected chi connectivity index (χ0v) is 18.1. The first-order valence-electron chi connectivity index (χ1n) is 11.3. The van der Waals surface area contributed by atoms with Crippen LogP contribution in [0.5, 0.6) is 5.75 Å². The maximum atomic E-state index is 14.6. The molecule has 0 bridgehead atoms. The molecule has 2 nitrogen and oxygen atoms in total. The molecule has 0 aliphatic heterocycles. The van der Waals surface area contributed by atoms with E-state index in [1.165, 1.54) is 50.7 Å². The third kappa shape index (κ3) is 5.68. The van der Waals surface area contributed by atoms with Crippen molar-refractivity contribution in [1.29, 1.82) is 0 Å². The van der Waals surface area contributed by atoms with Crippen molar-refractivity contribution in [3.63, 3.8) is 0 Å². The molecule has 0 saturated heterocycles. The zero-order chi connectivity index (χ0) is 21.5. The van der Waals surface area contributed by atoms with Gasteiger partial charge in [0.15, 0.2) is 11.6 Å². The molecule has 2 aromatic rings. The third-order valence-electron chi connectivity index (χ3n) is 6.41. The van der Waals surface area contributed by atoms with Crippen molar-refractivity contribution in [2.45, 2.75) is 71.6 Å². The second-order valence-electron chi connectivity index (χ2n) is 8.50. The summed E-state index contributed by atoms with van der Waals surface area (Å²) in [6.07, 6.45) is 9.62. The minimum atomic E-state index is -1.12. The summed E-state index contributed by atoms with van der Waals surface area (Å²) in [6, 6.07) is 9.88. The van der Waals surface area contributed by atoms with Crippen LogP contribution in [0, 0.1) is 23.5 Å². The topological polar surface area (TPSA) is 26.3 Å². The number of halogens is 2. The average molecular weight is 415 g/mol. The molecule has 1 aliphatic rings. The Labute approximate surface area is 178 Å². The van der Waals surface area contributed by atoms with E-state index in [9.17, 15) is 13.6 Å². The highest BCUT2D eigenvalue weighted by molar-refractivity contribution is 5.91. The van der Waals surface area contributed by atoms with E-state index in [0.29, 0.717) is 23.7 Å². The molecule has 1 fully saturated rings. The van der Waals surface area contributed by atoms with Crippen LogP contribution in [0.25, 0.3) is 0 Å². The van der Waals surface area contributed by atoms with Crippen LogP contribution in [-0.4, -0.2) is 5.97 Å². The molecule has 162 valence electrons. The molecule has 4 heteroatoms. The van der Waals surface area contributed by atoms with Gasteiger partial charge in [-0.15, -0.1) is 0 Å². The van der Waals surface area contributed by atoms with Gasteiger partial charge in [-0.2, -0.15) is 0 Å². The summed E-state index contributed by atoms with van der Waals surface area (Å²) in [5, 5.41) is 0. The van der Waals surface area contributed by atoms with E-state index in [1.807, 2.05) is 19.1 Å². The molecule has 0 heterocycles.